The Morgan fingerprint density at radius 2 is 0.682 bits per heavy atom. The molecule has 9 rings (SSSR count). The summed E-state index contributed by atoms with van der Waals surface area (Å²) in [6.45, 7) is 0. The molecule has 2 nitrogen and oxygen atoms in total. The van der Waals surface area contributed by atoms with E-state index >= 15 is 0 Å². The van der Waals surface area contributed by atoms with E-state index in [0.29, 0.717) is 0 Å². The minimum absolute atomic E-state index is 0.170. The maximum atomic E-state index is 6.27. The van der Waals surface area contributed by atoms with Crippen LogP contribution in [0.1, 0.15) is 64.2 Å². The van der Waals surface area contributed by atoms with Crippen LogP contribution >= 0.6 is 0 Å². The first-order valence-electron chi connectivity index (χ1n) is 10.1. The lowest BCUT2D eigenvalue weighted by molar-refractivity contribution is -0.614. The Morgan fingerprint density at radius 3 is 0.909 bits per heavy atom. The zero-order valence-electron chi connectivity index (χ0n) is 13.5. The zero-order chi connectivity index (χ0) is 14.1. The predicted octanol–water partition coefficient (Wildman–Crippen LogP) is 4.34. The van der Waals surface area contributed by atoms with Crippen molar-refractivity contribution in [3.05, 3.63) is 0 Å². The van der Waals surface area contributed by atoms with Crippen molar-refractivity contribution in [2.75, 3.05) is 0 Å². The summed E-state index contributed by atoms with van der Waals surface area (Å²) >= 11 is 0. The minimum Gasteiger partial charge on any atom is -0.226 e. The summed E-state index contributed by atoms with van der Waals surface area (Å²) in [5.74, 6) is 7.50. The topological polar surface area (TPSA) is 18.5 Å². The van der Waals surface area contributed by atoms with Gasteiger partial charge in [0.05, 0.1) is 0 Å². The molecule has 0 aromatic heterocycles. The molecule has 2 heteroatoms. The van der Waals surface area contributed by atoms with Crippen molar-refractivity contribution in [1.82, 2.24) is 0 Å². The number of hydrogen-bond donors (Lipinski definition) is 0. The van der Waals surface area contributed by atoms with E-state index in [0.717, 1.165) is 47.3 Å². The van der Waals surface area contributed by atoms with Gasteiger partial charge in [-0.3, -0.25) is 0 Å². The fourth-order valence-electron chi connectivity index (χ4n) is 9.55. The Labute approximate surface area is 133 Å². The first-order valence-corrected chi connectivity index (χ1v) is 10.1. The second-order valence-corrected chi connectivity index (χ2v) is 10.4. The molecule has 22 heavy (non-hydrogen) atoms. The monoisotopic (exact) mass is 300 g/mol. The van der Waals surface area contributed by atoms with E-state index in [4.69, 9.17) is 9.78 Å². The van der Waals surface area contributed by atoms with Gasteiger partial charge in [-0.05, 0) is 112 Å². The van der Waals surface area contributed by atoms with Gasteiger partial charge in [0.1, 0.15) is 11.2 Å². The van der Waals surface area contributed by atoms with Crippen molar-refractivity contribution in [2.45, 2.75) is 75.4 Å². The SMILES string of the molecule is C1C2CC3CC1CC(C2)C31OOC12C1CC3CC(C1)CC2C3. The van der Waals surface area contributed by atoms with Crippen molar-refractivity contribution in [2.24, 2.45) is 47.3 Å². The molecule has 2 spiro atoms. The fourth-order valence-corrected chi connectivity index (χ4v) is 9.55. The van der Waals surface area contributed by atoms with Gasteiger partial charge in [-0.25, -0.2) is 9.78 Å². The average Bonchev–Trinajstić information content (AvgIpc) is 2.44. The molecule has 0 radical (unpaired) electrons. The van der Waals surface area contributed by atoms with Crippen molar-refractivity contribution < 1.29 is 9.78 Å². The van der Waals surface area contributed by atoms with Crippen LogP contribution in [-0.4, -0.2) is 11.2 Å². The molecule has 0 aromatic carbocycles. The molecule has 0 unspecified atom stereocenters. The Balaban J connectivity index is 1.37. The van der Waals surface area contributed by atoms with E-state index in [1.165, 1.54) is 64.2 Å². The summed E-state index contributed by atoms with van der Waals surface area (Å²) in [5.41, 5.74) is 0.339. The molecule has 120 valence electrons. The maximum Gasteiger partial charge on any atom is 0.142 e. The van der Waals surface area contributed by atoms with E-state index in [2.05, 4.69) is 0 Å². The van der Waals surface area contributed by atoms with Crippen LogP contribution in [-0.2, 0) is 9.78 Å². The van der Waals surface area contributed by atoms with Gasteiger partial charge < -0.3 is 0 Å². The molecule has 0 N–H and O–H groups in total. The van der Waals surface area contributed by atoms with Crippen LogP contribution in [0.2, 0.25) is 0 Å². The van der Waals surface area contributed by atoms with Crippen molar-refractivity contribution in [3.63, 3.8) is 0 Å². The molecule has 1 heterocycles. The fraction of sp³-hybridized carbons (Fsp3) is 1.00. The molecule has 0 amide bonds. The summed E-state index contributed by atoms with van der Waals surface area (Å²) in [6.07, 6.45) is 14.8. The third-order valence-electron chi connectivity index (χ3n) is 9.63. The van der Waals surface area contributed by atoms with E-state index in [1.807, 2.05) is 0 Å². The van der Waals surface area contributed by atoms with Gasteiger partial charge in [-0.15, -0.1) is 0 Å². The summed E-state index contributed by atoms with van der Waals surface area (Å²) in [7, 11) is 0. The molecule has 8 bridgehead atoms. The molecule has 9 fully saturated rings. The lowest BCUT2D eigenvalue weighted by Gasteiger charge is -2.76. The lowest BCUT2D eigenvalue weighted by Crippen LogP contribution is -2.84. The quantitative estimate of drug-likeness (QED) is 0.620. The highest BCUT2D eigenvalue weighted by molar-refractivity contribution is 5.25. The number of hydrogen-bond acceptors (Lipinski definition) is 2. The smallest absolute Gasteiger partial charge is 0.142 e. The van der Waals surface area contributed by atoms with Crippen LogP contribution in [0.5, 0.6) is 0 Å². The maximum absolute atomic E-state index is 6.27. The molecule has 0 aromatic rings. The summed E-state index contributed by atoms with van der Waals surface area (Å²) < 4.78 is 0. The van der Waals surface area contributed by atoms with E-state index in [-0.39, 0.29) is 11.2 Å². The second kappa shape index (κ2) is 3.61. The second-order valence-electron chi connectivity index (χ2n) is 10.4. The summed E-state index contributed by atoms with van der Waals surface area (Å²) in [6, 6.07) is 0. The highest BCUT2D eigenvalue weighted by Gasteiger charge is 2.80. The van der Waals surface area contributed by atoms with Crippen LogP contribution in [0, 0.1) is 47.3 Å². The van der Waals surface area contributed by atoms with Gasteiger partial charge in [-0.2, -0.15) is 0 Å². The molecule has 0 atom stereocenters. The molecule has 1 aliphatic heterocycles. The van der Waals surface area contributed by atoms with Crippen LogP contribution in [0.4, 0.5) is 0 Å². The predicted molar refractivity (Wildman–Crippen MR) is 81.7 cm³/mol. The van der Waals surface area contributed by atoms with Crippen LogP contribution in [0.3, 0.4) is 0 Å². The van der Waals surface area contributed by atoms with Crippen molar-refractivity contribution in [3.8, 4) is 0 Å². The Hall–Kier alpha value is -0.0800. The van der Waals surface area contributed by atoms with E-state index < -0.39 is 0 Å². The van der Waals surface area contributed by atoms with Crippen LogP contribution < -0.4 is 0 Å². The third-order valence-corrected chi connectivity index (χ3v) is 9.63. The van der Waals surface area contributed by atoms with Crippen molar-refractivity contribution >= 4 is 0 Å². The van der Waals surface area contributed by atoms with Gasteiger partial charge in [0.25, 0.3) is 0 Å². The van der Waals surface area contributed by atoms with E-state index in [1.54, 1.807) is 0 Å². The molecule has 9 aliphatic rings. The molecular weight excluding hydrogens is 272 g/mol. The highest BCUT2D eigenvalue weighted by atomic mass is 17.3. The highest BCUT2D eigenvalue weighted by Crippen LogP contribution is 2.75. The van der Waals surface area contributed by atoms with Gasteiger partial charge in [-0.1, -0.05) is 0 Å². The third kappa shape index (κ3) is 1.12. The summed E-state index contributed by atoms with van der Waals surface area (Å²) in [4.78, 5) is 12.5. The van der Waals surface area contributed by atoms with Crippen LogP contribution in [0.25, 0.3) is 0 Å². The summed E-state index contributed by atoms with van der Waals surface area (Å²) in [5, 5.41) is 0. The first-order chi connectivity index (χ1) is 10.8. The molecule has 8 saturated carbocycles. The zero-order valence-corrected chi connectivity index (χ0v) is 13.5. The standard InChI is InChI=1S/C20H28O2/c1-11-3-15-5-12(1)6-16(4-11)19(15)20(22-21-19)17-7-13-2-14(9-17)10-18(20)8-13/h11-18H,1-10H2. The van der Waals surface area contributed by atoms with Gasteiger partial charge >= 0.3 is 0 Å². The Morgan fingerprint density at radius 1 is 0.409 bits per heavy atom. The minimum atomic E-state index is 0.170. The Kier molecular flexibility index (Phi) is 2.02. The van der Waals surface area contributed by atoms with Gasteiger partial charge in [0.15, 0.2) is 0 Å². The van der Waals surface area contributed by atoms with Crippen molar-refractivity contribution in [1.29, 1.82) is 0 Å². The van der Waals surface area contributed by atoms with Crippen LogP contribution in [0.15, 0.2) is 0 Å². The normalized spacial score (nSPS) is 69.8. The average molecular weight is 300 g/mol. The van der Waals surface area contributed by atoms with Gasteiger partial charge in [0, 0.05) is 0 Å². The largest absolute Gasteiger partial charge is 0.226 e. The molecule has 1 saturated heterocycles. The lowest BCUT2D eigenvalue weighted by atomic mass is 9.37. The molecular formula is C20H28O2. The molecule has 8 aliphatic carbocycles. The Bertz CT molecular complexity index is 434. The van der Waals surface area contributed by atoms with E-state index in [9.17, 15) is 0 Å². The first kappa shape index (κ1) is 12.3. The van der Waals surface area contributed by atoms with Gasteiger partial charge in [0.2, 0.25) is 0 Å². The number of rotatable bonds is 0.